The Kier molecular flexibility index (Phi) is 6.19. The largest absolute Gasteiger partial charge is 0.478 e. The monoisotopic (exact) mass is 370 g/mol. The van der Waals surface area contributed by atoms with E-state index in [0.29, 0.717) is 13.1 Å². The zero-order valence-corrected chi connectivity index (χ0v) is 15.0. The van der Waals surface area contributed by atoms with E-state index in [4.69, 9.17) is 5.11 Å². The van der Waals surface area contributed by atoms with Gasteiger partial charge in [0, 0.05) is 13.1 Å². The molecule has 142 valence electrons. The zero-order valence-electron chi connectivity index (χ0n) is 15.0. The second-order valence-corrected chi connectivity index (χ2v) is 6.83. The minimum absolute atomic E-state index is 0.0286. The number of nitrogens with zero attached hydrogens (tertiary/aromatic N) is 1. The van der Waals surface area contributed by atoms with Crippen LogP contribution in [0.25, 0.3) is 0 Å². The second kappa shape index (κ2) is 8.77. The van der Waals surface area contributed by atoms with E-state index in [-0.39, 0.29) is 23.3 Å². The Morgan fingerprint density at radius 1 is 1.04 bits per heavy atom. The standard InChI is InChI=1S/C21H23FN2O3/c22-18-10-6-16(7-11-18)14-24-12-2-1-3-19(24)20(25)23-13-15-4-8-17(9-5-15)21(26)27/h4-11,19H,1-3,12-14H2,(H,23,25)(H,26,27). The number of hydrogen-bond donors (Lipinski definition) is 2. The minimum Gasteiger partial charge on any atom is -0.478 e. The molecule has 27 heavy (non-hydrogen) atoms. The van der Waals surface area contributed by atoms with E-state index >= 15 is 0 Å². The van der Waals surface area contributed by atoms with Gasteiger partial charge in [-0.05, 0) is 54.8 Å². The number of benzene rings is 2. The van der Waals surface area contributed by atoms with Crippen LogP contribution in [0.15, 0.2) is 48.5 Å². The Morgan fingerprint density at radius 2 is 1.70 bits per heavy atom. The van der Waals surface area contributed by atoms with Crippen LogP contribution in [-0.4, -0.2) is 34.5 Å². The van der Waals surface area contributed by atoms with Gasteiger partial charge in [0.1, 0.15) is 5.82 Å². The first-order chi connectivity index (χ1) is 13.0. The van der Waals surface area contributed by atoms with Gasteiger partial charge in [-0.2, -0.15) is 0 Å². The highest BCUT2D eigenvalue weighted by molar-refractivity contribution is 5.87. The van der Waals surface area contributed by atoms with Crippen molar-refractivity contribution in [3.8, 4) is 0 Å². The van der Waals surface area contributed by atoms with Crippen LogP contribution in [0.4, 0.5) is 4.39 Å². The molecule has 1 aliphatic heterocycles. The number of hydrogen-bond acceptors (Lipinski definition) is 3. The van der Waals surface area contributed by atoms with E-state index in [1.165, 1.54) is 24.3 Å². The lowest BCUT2D eigenvalue weighted by Crippen LogP contribution is -2.48. The summed E-state index contributed by atoms with van der Waals surface area (Å²) in [5.41, 5.74) is 2.07. The summed E-state index contributed by atoms with van der Waals surface area (Å²) < 4.78 is 13.1. The van der Waals surface area contributed by atoms with Crippen molar-refractivity contribution in [1.82, 2.24) is 10.2 Å². The van der Waals surface area contributed by atoms with Gasteiger partial charge in [-0.3, -0.25) is 9.69 Å². The normalized spacial score (nSPS) is 17.4. The van der Waals surface area contributed by atoms with Gasteiger partial charge in [-0.1, -0.05) is 30.7 Å². The molecule has 1 fully saturated rings. The molecule has 5 nitrogen and oxygen atoms in total. The Hall–Kier alpha value is -2.73. The number of carbonyl (C=O) groups excluding carboxylic acids is 1. The van der Waals surface area contributed by atoms with Crippen LogP contribution in [0.2, 0.25) is 0 Å². The van der Waals surface area contributed by atoms with Crippen molar-refractivity contribution in [3.63, 3.8) is 0 Å². The van der Waals surface area contributed by atoms with E-state index in [1.807, 2.05) is 0 Å². The molecule has 1 aliphatic rings. The fourth-order valence-corrected chi connectivity index (χ4v) is 3.37. The van der Waals surface area contributed by atoms with Gasteiger partial charge >= 0.3 is 5.97 Å². The van der Waals surface area contributed by atoms with Crippen LogP contribution >= 0.6 is 0 Å². The lowest BCUT2D eigenvalue weighted by Gasteiger charge is -2.34. The Morgan fingerprint density at radius 3 is 2.37 bits per heavy atom. The molecule has 2 N–H and O–H groups in total. The van der Waals surface area contributed by atoms with Gasteiger partial charge in [-0.15, -0.1) is 0 Å². The second-order valence-electron chi connectivity index (χ2n) is 6.83. The van der Waals surface area contributed by atoms with Crippen LogP contribution in [0, 0.1) is 5.82 Å². The summed E-state index contributed by atoms with van der Waals surface area (Å²) in [5, 5.41) is 11.9. The van der Waals surface area contributed by atoms with E-state index in [9.17, 15) is 14.0 Å². The molecule has 0 radical (unpaired) electrons. The summed E-state index contributed by atoms with van der Waals surface area (Å²) in [6.07, 6.45) is 2.85. The number of carboxylic acids is 1. The maximum absolute atomic E-state index is 13.1. The van der Waals surface area contributed by atoms with Gasteiger partial charge in [0.25, 0.3) is 0 Å². The summed E-state index contributed by atoms with van der Waals surface area (Å²) in [4.78, 5) is 25.7. The highest BCUT2D eigenvalue weighted by atomic mass is 19.1. The number of likely N-dealkylation sites (tertiary alicyclic amines) is 1. The highest BCUT2D eigenvalue weighted by Gasteiger charge is 2.28. The smallest absolute Gasteiger partial charge is 0.335 e. The summed E-state index contributed by atoms with van der Waals surface area (Å²) in [6, 6.07) is 12.7. The first-order valence-electron chi connectivity index (χ1n) is 9.11. The van der Waals surface area contributed by atoms with E-state index in [2.05, 4.69) is 10.2 Å². The van der Waals surface area contributed by atoms with Crippen LogP contribution < -0.4 is 5.32 Å². The molecule has 0 saturated carbocycles. The molecule has 0 aliphatic carbocycles. The number of rotatable bonds is 6. The fraction of sp³-hybridized carbons (Fsp3) is 0.333. The average Bonchev–Trinajstić information content (AvgIpc) is 2.68. The van der Waals surface area contributed by atoms with Crippen molar-refractivity contribution in [2.45, 2.75) is 38.4 Å². The molecule has 2 aromatic carbocycles. The minimum atomic E-state index is -0.968. The quantitative estimate of drug-likeness (QED) is 0.819. The van der Waals surface area contributed by atoms with Gasteiger partial charge in [0.05, 0.1) is 11.6 Å². The van der Waals surface area contributed by atoms with Crippen molar-refractivity contribution in [3.05, 3.63) is 71.0 Å². The predicted octanol–water partition coefficient (Wildman–Crippen LogP) is 3.19. The summed E-state index contributed by atoms with van der Waals surface area (Å²) >= 11 is 0. The predicted molar refractivity (Wildman–Crippen MR) is 99.7 cm³/mol. The molecule has 1 saturated heterocycles. The lowest BCUT2D eigenvalue weighted by atomic mass is 10.00. The molecule has 6 heteroatoms. The van der Waals surface area contributed by atoms with Gasteiger partial charge in [0.15, 0.2) is 0 Å². The molecule has 1 unspecified atom stereocenters. The summed E-state index contributed by atoms with van der Waals surface area (Å²) in [6.45, 7) is 1.81. The molecule has 1 amide bonds. The third-order valence-electron chi connectivity index (χ3n) is 4.88. The van der Waals surface area contributed by atoms with Gasteiger partial charge < -0.3 is 10.4 Å². The van der Waals surface area contributed by atoms with Crippen molar-refractivity contribution in [2.75, 3.05) is 6.54 Å². The van der Waals surface area contributed by atoms with Gasteiger partial charge in [-0.25, -0.2) is 9.18 Å². The number of aromatic carboxylic acids is 1. The SMILES string of the molecule is O=C(O)c1ccc(CNC(=O)C2CCCCN2Cc2ccc(F)cc2)cc1. The molecule has 2 aromatic rings. The van der Waals surface area contributed by atoms with E-state index in [1.54, 1.807) is 24.3 Å². The number of nitrogens with one attached hydrogen (secondary N) is 1. The van der Waals surface area contributed by atoms with Crippen LogP contribution in [-0.2, 0) is 17.9 Å². The molecular weight excluding hydrogens is 347 g/mol. The zero-order chi connectivity index (χ0) is 19.2. The first kappa shape index (κ1) is 19.0. The topological polar surface area (TPSA) is 69.6 Å². The van der Waals surface area contributed by atoms with Crippen LogP contribution in [0.3, 0.4) is 0 Å². The average molecular weight is 370 g/mol. The van der Waals surface area contributed by atoms with Crippen LogP contribution in [0.5, 0.6) is 0 Å². The first-order valence-corrected chi connectivity index (χ1v) is 9.11. The lowest BCUT2D eigenvalue weighted by molar-refractivity contribution is -0.128. The number of amides is 1. The highest BCUT2D eigenvalue weighted by Crippen LogP contribution is 2.20. The van der Waals surface area contributed by atoms with Crippen LogP contribution in [0.1, 0.15) is 40.7 Å². The van der Waals surface area contributed by atoms with Crippen molar-refractivity contribution in [2.24, 2.45) is 0 Å². The summed E-state index contributed by atoms with van der Waals surface area (Å²) in [7, 11) is 0. The van der Waals surface area contributed by atoms with Crippen molar-refractivity contribution < 1.29 is 19.1 Å². The van der Waals surface area contributed by atoms with Crippen molar-refractivity contribution >= 4 is 11.9 Å². The van der Waals surface area contributed by atoms with Crippen molar-refractivity contribution in [1.29, 1.82) is 0 Å². The molecule has 0 spiro atoms. The Labute approximate surface area is 157 Å². The molecular formula is C21H23FN2O3. The maximum atomic E-state index is 13.1. The third-order valence-corrected chi connectivity index (χ3v) is 4.88. The number of halogens is 1. The molecule has 3 rings (SSSR count). The fourth-order valence-electron chi connectivity index (χ4n) is 3.37. The van der Waals surface area contributed by atoms with E-state index in [0.717, 1.165) is 36.9 Å². The molecule has 0 bridgehead atoms. The summed E-state index contributed by atoms with van der Waals surface area (Å²) in [5.74, 6) is -1.26. The van der Waals surface area contributed by atoms with E-state index < -0.39 is 5.97 Å². The Bertz CT molecular complexity index is 790. The third kappa shape index (κ3) is 5.14. The molecule has 1 heterocycles. The molecule has 1 atom stereocenters. The number of carboxylic acid groups (broad SMARTS) is 1. The van der Waals surface area contributed by atoms with Gasteiger partial charge in [0.2, 0.25) is 5.91 Å². The maximum Gasteiger partial charge on any atom is 0.335 e. The molecule has 0 aromatic heterocycles. The Balaban J connectivity index is 1.59. The number of carbonyl (C=O) groups is 2. The number of piperidine rings is 1.